The Hall–Kier alpha value is -1.03. The molecular weight excluding hydrogens is 282 g/mol. The van der Waals surface area contributed by atoms with Gasteiger partial charge in [0.2, 0.25) is 0 Å². The van der Waals surface area contributed by atoms with Crippen molar-refractivity contribution < 1.29 is 9.90 Å². The normalized spacial score (nSPS) is 22.3. The molecule has 1 saturated carbocycles. The van der Waals surface area contributed by atoms with E-state index in [-0.39, 0.29) is 0 Å². The number of halogens is 1. The Labute approximate surface area is 110 Å². The van der Waals surface area contributed by atoms with Gasteiger partial charge in [-0.15, -0.1) is 0 Å². The highest BCUT2D eigenvalue weighted by Crippen LogP contribution is 2.38. The first-order valence-electron chi connectivity index (χ1n) is 5.72. The minimum absolute atomic E-state index is 0.324. The van der Waals surface area contributed by atoms with Gasteiger partial charge >= 0.3 is 5.97 Å². The highest BCUT2D eigenvalue weighted by Gasteiger charge is 2.33. The maximum absolute atomic E-state index is 11.0. The van der Waals surface area contributed by atoms with Gasteiger partial charge < -0.3 is 10.0 Å². The van der Waals surface area contributed by atoms with E-state index in [9.17, 15) is 4.79 Å². The predicted molar refractivity (Wildman–Crippen MR) is 71.6 cm³/mol. The van der Waals surface area contributed by atoms with Gasteiger partial charge in [-0.2, -0.15) is 0 Å². The Kier molecular flexibility index (Phi) is 3.43. The maximum atomic E-state index is 11.0. The van der Waals surface area contributed by atoms with E-state index in [0.29, 0.717) is 5.56 Å². The van der Waals surface area contributed by atoms with Gasteiger partial charge in [0.15, 0.2) is 0 Å². The number of nitrogens with zero attached hydrogens (tertiary/aromatic N) is 1. The molecule has 1 aromatic rings. The lowest BCUT2D eigenvalue weighted by Crippen LogP contribution is -2.20. The zero-order valence-electron chi connectivity index (χ0n) is 9.98. The van der Waals surface area contributed by atoms with Gasteiger partial charge in [0.25, 0.3) is 0 Å². The SMILES string of the molecule is CC1CC1CN(C)c1cc(Br)cc(C(=O)O)c1. The van der Waals surface area contributed by atoms with Crippen molar-refractivity contribution in [3.05, 3.63) is 28.2 Å². The van der Waals surface area contributed by atoms with E-state index in [1.54, 1.807) is 12.1 Å². The van der Waals surface area contributed by atoms with E-state index < -0.39 is 5.97 Å². The molecule has 0 spiro atoms. The molecule has 1 aliphatic carbocycles. The molecule has 0 bridgehead atoms. The van der Waals surface area contributed by atoms with Gasteiger partial charge in [-0.25, -0.2) is 4.79 Å². The molecule has 92 valence electrons. The second-order valence-corrected chi connectivity index (χ2v) is 5.77. The van der Waals surface area contributed by atoms with Crippen molar-refractivity contribution in [1.82, 2.24) is 0 Å². The molecule has 2 atom stereocenters. The van der Waals surface area contributed by atoms with Gasteiger partial charge in [-0.05, 0) is 36.5 Å². The van der Waals surface area contributed by atoms with Crippen molar-refractivity contribution in [3.63, 3.8) is 0 Å². The lowest BCUT2D eigenvalue weighted by atomic mass is 10.2. The molecule has 0 saturated heterocycles. The molecule has 2 unspecified atom stereocenters. The van der Waals surface area contributed by atoms with E-state index in [4.69, 9.17) is 5.11 Å². The van der Waals surface area contributed by atoms with Crippen LogP contribution in [0.2, 0.25) is 0 Å². The summed E-state index contributed by atoms with van der Waals surface area (Å²) in [4.78, 5) is 13.1. The summed E-state index contributed by atoms with van der Waals surface area (Å²) in [5, 5.41) is 9.01. The average molecular weight is 298 g/mol. The Morgan fingerprint density at radius 2 is 2.18 bits per heavy atom. The topological polar surface area (TPSA) is 40.5 Å². The number of carboxylic acids is 1. The van der Waals surface area contributed by atoms with Crippen LogP contribution in [0.1, 0.15) is 23.7 Å². The molecule has 0 radical (unpaired) electrons. The standard InChI is InChI=1S/C13H16BrNO2/c1-8-3-10(8)7-15(2)12-5-9(13(16)17)4-11(14)6-12/h4-6,8,10H,3,7H2,1-2H3,(H,16,17). The largest absolute Gasteiger partial charge is 0.478 e. The van der Waals surface area contributed by atoms with Crippen LogP contribution in [-0.2, 0) is 0 Å². The number of aromatic carboxylic acids is 1. The van der Waals surface area contributed by atoms with Gasteiger partial charge in [0, 0.05) is 23.8 Å². The second-order valence-electron chi connectivity index (χ2n) is 4.86. The minimum atomic E-state index is -0.888. The monoisotopic (exact) mass is 297 g/mol. The Balaban J connectivity index is 2.16. The summed E-state index contributed by atoms with van der Waals surface area (Å²) in [6.45, 7) is 3.25. The lowest BCUT2D eigenvalue weighted by Gasteiger charge is -2.20. The van der Waals surface area contributed by atoms with Crippen LogP contribution in [0.4, 0.5) is 5.69 Å². The lowest BCUT2D eigenvalue weighted by molar-refractivity contribution is 0.0697. The van der Waals surface area contributed by atoms with E-state index in [0.717, 1.165) is 28.5 Å². The van der Waals surface area contributed by atoms with Crippen molar-refractivity contribution in [2.75, 3.05) is 18.5 Å². The first-order chi connectivity index (χ1) is 7.97. The van der Waals surface area contributed by atoms with Crippen molar-refractivity contribution in [2.45, 2.75) is 13.3 Å². The minimum Gasteiger partial charge on any atom is -0.478 e. The van der Waals surface area contributed by atoms with Crippen LogP contribution < -0.4 is 4.90 Å². The molecule has 1 aliphatic rings. The van der Waals surface area contributed by atoms with Crippen molar-refractivity contribution in [3.8, 4) is 0 Å². The number of carbonyl (C=O) groups is 1. The van der Waals surface area contributed by atoms with Crippen LogP contribution >= 0.6 is 15.9 Å². The zero-order chi connectivity index (χ0) is 12.6. The third-order valence-corrected chi connectivity index (χ3v) is 3.81. The van der Waals surface area contributed by atoms with Crippen LogP contribution in [0.3, 0.4) is 0 Å². The molecule has 1 N–H and O–H groups in total. The molecule has 4 heteroatoms. The number of anilines is 1. The smallest absolute Gasteiger partial charge is 0.335 e. The summed E-state index contributed by atoms with van der Waals surface area (Å²) in [7, 11) is 2.01. The van der Waals surface area contributed by atoms with Crippen molar-refractivity contribution >= 4 is 27.6 Å². The number of hydrogen-bond donors (Lipinski definition) is 1. The second kappa shape index (κ2) is 4.69. The summed E-state index contributed by atoms with van der Waals surface area (Å²) in [5.41, 5.74) is 1.28. The average Bonchev–Trinajstić information content (AvgIpc) is 2.93. The molecule has 0 aromatic heterocycles. The van der Waals surface area contributed by atoms with E-state index in [2.05, 4.69) is 27.8 Å². The summed E-state index contributed by atoms with van der Waals surface area (Å²) >= 11 is 3.35. The molecule has 1 aromatic carbocycles. The molecule has 0 heterocycles. The summed E-state index contributed by atoms with van der Waals surface area (Å²) in [6, 6.07) is 5.30. The number of carboxylic acid groups (broad SMARTS) is 1. The van der Waals surface area contributed by atoms with Crippen LogP contribution in [0.25, 0.3) is 0 Å². The highest BCUT2D eigenvalue weighted by molar-refractivity contribution is 9.10. The summed E-state index contributed by atoms with van der Waals surface area (Å²) < 4.78 is 0.808. The molecule has 1 fully saturated rings. The molecule has 0 amide bonds. The molecular formula is C13H16BrNO2. The number of hydrogen-bond acceptors (Lipinski definition) is 2. The van der Waals surface area contributed by atoms with Gasteiger partial charge in [0.1, 0.15) is 0 Å². The number of rotatable bonds is 4. The van der Waals surface area contributed by atoms with E-state index in [1.807, 2.05) is 13.1 Å². The van der Waals surface area contributed by atoms with Gasteiger partial charge in [-0.3, -0.25) is 0 Å². The molecule has 2 rings (SSSR count). The molecule has 17 heavy (non-hydrogen) atoms. The Morgan fingerprint density at radius 3 is 2.71 bits per heavy atom. The predicted octanol–water partition coefficient (Wildman–Crippen LogP) is 3.24. The molecule has 3 nitrogen and oxygen atoms in total. The van der Waals surface area contributed by atoms with Crippen LogP contribution in [0.15, 0.2) is 22.7 Å². The van der Waals surface area contributed by atoms with Crippen LogP contribution in [-0.4, -0.2) is 24.7 Å². The summed E-state index contributed by atoms with van der Waals surface area (Å²) in [6.07, 6.45) is 1.28. The van der Waals surface area contributed by atoms with Gasteiger partial charge in [-0.1, -0.05) is 22.9 Å². The van der Waals surface area contributed by atoms with Crippen molar-refractivity contribution in [2.24, 2.45) is 11.8 Å². The van der Waals surface area contributed by atoms with E-state index >= 15 is 0 Å². The molecule has 0 aliphatic heterocycles. The highest BCUT2D eigenvalue weighted by atomic mass is 79.9. The fourth-order valence-electron chi connectivity index (χ4n) is 2.03. The van der Waals surface area contributed by atoms with E-state index in [1.165, 1.54) is 6.42 Å². The fraction of sp³-hybridized carbons (Fsp3) is 0.462. The van der Waals surface area contributed by atoms with Crippen molar-refractivity contribution in [1.29, 1.82) is 0 Å². The third-order valence-electron chi connectivity index (χ3n) is 3.35. The number of benzene rings is 1. The Morgan fingerprint density at radius 1 is 1.53 bits per heavy atom. The zero-order valence-corrected chi connectivity index (χ0v) is 11.6. The first kappa shape index (κ1) is 12.4. The van der Waals surface area contributed by atoms with Gasteiger partial charge in [0.05, 0.1) is 5.56 Å². The maximum Gasteiger partial charge on any atom is 0.335 e. The quantitative estimate of drug-likeness (QED) is 0.927. The van der Waals surface area contributed by atoms with Crippen LogP contribution in [0.5, 0.6) is 0 Å². The Bertz CT molecular complexity index is 447. The first-order valence-corrected chi connectivity index (χ1v) is 6.51. The third kappa shape index (κ3) is 3.00. The fourth-order valence-corrected chi connectivity index (χ4v) is 2.51. The summed E-state index contributed by atoms with van der Waals surface area (Å²) in [5.74, 6) is 0.677. The van der Waals surface area contributed by atoms with Crippen LogP contribution in [0, 0.1) is 11.8 Å².